The highest BCUT2D eigenvalue weighted by atomic mass is 35.5. The molecule has 0 radical (unpaired) electrons. The molecule has 2 aromatic rings. The van der Waals surface area contributed by atoms with Crippen molar-refractivity contribution in [3.05, 3.63) is 58.3 Å². The van der Waals surface area contributed by atoms with Crippen LogP contribution in [0.4, 0.5) is 5.69 Å². The number of amides is 2. The summed E-state index contributed by atoms with van der Waals surface area (Å²) in [6.07, 6.45) is 3.30. The van der Waals surface area contributed by atoms with Crippen LogP contribution in [-0.2, 0) is 16.1 Å². The minimum atomic E-state index is -0.289. The Balaban J connectivity index is 2.04. The summed E-state index contributed by atoms with van der Waals surface area (Å²) in [5, 5.41) is 3.53. The zero-order valence-electron chi connectivity index (χ0n) is 12.4. The summed E-state index contributed by atoms with van der Waals surface area (Å²) in [6.45, 7) is 1.62. The predicted molar refractivity (Wildman–Crippen MR) is 90.6 cm³/mol. The minimum Gasteiger partial charge on any atom is -0.350 e. The van der Waals surface area contributed by atoms with E-state index in [-0.39, 0.29) is 18.4 Å². The molecule has 2 rings (SSSR count). The Labute approximate surface area is 144 Å². The second-order valence-corrected chi connectivity index (χ2v) is 5.68. The van der Waals surface area contributed by atoms with Gasteiger partial charge in [0.15, 0.2) is 0 Å². The standard InChI is InChI=1S/C16H15Cl2N3O2/c1-11(22)21(15-3-2-13(17)8-14(15)18)10-16(23)20-9-12-4-6-19-7-5-12/h2-8H,9-10H2,1H3,(H,20,23). The smallest absolute Gasteiger partial charge is 0.240 e. The molecule has 0 atom stereocenters. The van der Waals surface area contributed by atoms with E-state index in [4.69, 9.17) is 23.2 Å². The fraction of sp³-hybridized carbons (Fsp3) is 0.188. The maximum absolute atomic E-state index is 12.1. The Morgan fingerprint density at radius 1 is 1.17 bits per heavy atom. The van der Waals surface area contributed by atoms with Crippen LogP contribution in [0.15, 0.2) is 42.7 Å². The van der Waals surface area contributed by atoms with E-state index < -0.39 is 0 Å². The van der Waals surface area contributed by atoms with E-state index in [1.165, 1.54) is 17.9 Å². The molecule has 1 aromatic heterocycles. The van der Waals surface area contributed by atoms with Gasteiger partial charge in [-0.1, -0.05) is 23.2 Å². The number of benzene rings is 1. The summed E-state index contributed by atoms with van der Waals surface area (Å²) in [7, 11) is 0. The fourth-order valence-electron chi connectivity index (χ4n) is 1.97. The molecule has 0 aliphatic carbocycles. The molecule has 0 aliphatic heterocycles. The lowest BCUT2D eigenvalue weighted by Crippen LogP contribution is -2.39. The van der Waals surface area contributed by atoms with Crippen LogP contribution >= 0.6 is 23.2 Å². The van der Waals surface area contributed by atoms with Gasteiger partial charge in [0.05, 0.1) is 10.7 Å². The number of anilines is 1. The van der Waals surface area contributed by atoms with Gasteiger partial charge in [-0.3, -0.25) is 14.6 Å². The summed E-state index contributed by atoms with van der Waals surface area (Å²) in [5.41, 5.74) is 1.37. The molecule has 7 heteroatoms. The van der Waals surface area contributed by atoms with Gasteiger partial charge in [-0.2, -0.15) is 0 Å². The van der Waals surface area contributed by atoms with E-state index in [1.54, 1.807) is 36.7 Å². The number of halogens is 2. The third-order valence-electron chi connectivity index (χ3n) is 3.12. The van der Waals surface area contributed by atoms with Gasteiger partial charge < -0.3 is 10.2 Å². The quantitative estimate of drug-likeness (QED) is 0.900. The zero-order valence-corrected chi connectivity index (χ0v) is 13.9. The van der Waals surface area contributed by atoms with Gasteiger partial charge in [-0.15, -0.1) is 0 Å². The van der Waals surface area contributed by atoms with Crippen LogP contribution in [-0.4, -0.2) is 23.3 Å². The summed E-state index contributed by atoms with van der Waals surface area (Å²) >= 11 is 12.0. The molecule has 0 unspecified atom stereocenters. The van der Waals surface area contributed by atoms with E-state index in [0.29, 0.717) is 22.3 Å². The second kappa shape index (κ2) is 7.94. The average Bonchev–Trinajstić information content (AvgIpc) is 2.52. The molecule has 1 heterocycles. The Morgan fingerprint density at radius 3 is 2.48 bits per heavy atom. The van der Waals surface area contributed by atoms with Crippen molar-refractivity contribution in [2.75, 3.05) is 11.4 Å². The van der Waals surface area contributed by atoms with E-state index in [0.717, 1.165) is 5.56 Å². The van der Waals surface area contributed by atoms with E-state index in [9.17, 15) is 9.59 Å². The topological polar surface area (TPSA) is 62.3 Å². The summed E-state index contributed by atoms with van der Waals surface area (Å²) in [5.74, 6) is -0.573. The lowest BCUT2D eigenvalue weighted by Gasteiger charge is -2.22. The van der Waals surface area contributed by atoms with Crippen LogP contribution in [0.1, 0.15) is 12.5 Å². The molecule has 0 fully saturated rings. The number of carbonyl (C=O) groups is 2. The monoisotopic (exact) mass is 351 g/mol. The summed E-state index contributed by atoms with van der Waals surface area (Å²) < 4.78 is 0. The zero-order chi connectivity index (χ0) is 16.8. The summed E-state index contributed by atoms with van der Waals surface area (Å²) in [4.78, 5) is 29.1. The maximum Gasteiger partial charge on any atom is 0.240 e. The van der Waals surface area contributed by atoms with E-state index in [2.05, 4.69) is 10.3 Å². The van der Waals surface area contributed by atoms with Crippen LogP contribution in [0.3, 0.4) is 0 Å². The number of pyridine rings is 1. The van der Waals surface area contributed by atoms with E-state index in [1.807, 2.05) is 0 Å². The Kier molecular flexibility index (Phi) is 5.96. The van der Waals surface area contributed by atoms with Crippen molar-refractivity contribution in [3.63, 3.8) is 0 Å². The molecule has 0 saturated carbocycles. The summed E-state index contributed by atoms with van der Waals surface area (Å²) in [6, 6.07) is 8.37. The molecule has 0 saturated heterocycles. The van der Waals surface area contributed by atoms with Gasteiger partial charge in [-0.25, -0.2) is 0 Å². The Morgan fingerprint density at radius 2 is 1.87 bits per heavy atom. The molecule has 23 heavy (non-hydrogen) atoms. The van der Waals surface area contributed by atoms with Crippen LogP contribution in [0.25, 0.3) is 0 Å². The molecular weight excluding hydrogens is 337 g/mol. The van der Waals surface area contributed by atoms with Gasteiger partial charge >= 0.3 is 0 Å². The first-order valence-electron chi connectivity index (χ1n) is 6.86. The largest absolute Gasteiger partial charge is 0.350 e. The highest BCUT2D eigenvalue weighted by molar-refractivity contribution is 6.36. The van der Waals surface area contributed by atoms with Gasteiger partial charge in [0.2, 0.25) is 11.8 Å². The third kappa shape index (κ3) is 4.94. The van der Waals surface area contributed by atoms with Crippen LogP contribution in [0.2, 0.25) is 10.0 Å². The van der Waals surface area contributed by atoms with Gasteiger partial charge in [0, 0.05) is 30.9 Å². The first-order chi connectivity index (χ1) is 11.0. The first-order valence-corrected chi connectivity index (χ1v) is 7.61. The SMILES string of the molecule is CC(=O)N(CC(=O)NCc1ccncc1)c1ccc(Cl)cc1Cl. The number of rotatable bonds is 5. The van der Waals surface area contributed by atoms with Gasteiger partial charge in [-0.05, 0) is 35.9 Å². The normalized spacial score (nSPS) is 10.2. The number of hydrogen-bond donors (Lipinski definition) is 1. The molecule has 1 aromatic carbocycles. The minimum absolute atomic E-state index is 0.123. The Bertz CT molecular complexity index is 708. The molecule has 5 nitrogen and oxygen atoms in total. The van der Waals surface area contributed by atoms with Gasteiger partial charge in [0.25, 0.3) is 0 Å². The van der Waals surface area contributed by atoms with Crippen molar-refractivity contribution in [1.29, 1.82) is 0 Å². The molecule has 1 N–H and O–H groups in total. The van der Waals surface area contributed by atoms with Crippen LogP contribution in [0.5, 0.6) is 0 Å². The first kappa shape index (κ1) is 17.2. The van der Waals surface area contributed by atoms with Crippen molar-refractivity contribution in [3.8, 4) is 0 Å². The third-order valence-corrected chi connectivity index (χ3v) is 3.66. The van der Waals surface area contributed by atoms with Crippen molar-refractivity contribution < 1.29 is 9.59 Å². The van der Waals surface area contributed by atoms with Crippen molar-refractivity contribution in [1.82, 2.24) is 10.3 Å². The molecule has 0 aliphatic rings. The van der Waals surface area contributed by atoms with Crippen molar-refractivity contribution in [2.45, 2.75) is 13.5 Å². The number of nitrogens with zero attached hydrogens (tertiary/aromatic N) is 2. The molecule has 0 bridgehead atoms. The lowest BCUT2D eigenvalue weighted by atomic mass is 10.2. The molecule has 2 amide bonds. The highest BCUT2D eigenvalue weighted by Gasteiger charge is 2.18. The average molecular weight is 352 g/mol. The van der Waals surface area contributed by atoms with E-state index >= 15 is 0 Å². The lowest BCUT2D eigenvalue weighted by molar-refractivity contribution is -0.123. The second-order valence-electron chi connectivity index (χ2n) is 4.83. The van der Waals surface area contributed by atoms with Crippen LogP contribution in [0, 0.1) is 0 Å². The van der Waals surface area contributed by atoms with Gasteiger partial charge in [0.1, 0.15) is 6.54 Å². The molecule has 0 spiro atoms. The highest BCUT2D eigenvalue weighted by Crippen LogP contribution is 2.28. The number of nitrogens with one attached hydrogen (secondary N) is 1. The van der Waals surface area contributed by atoms with Crippen molar-refractivity contribution >= 4 is 40.7 Å². The molecular formula is C16H15Cl2N3O2. The number of aromatic nitrogens is 1. The maximum atomic E-state index is 12.1. The van der Waals surface area contributed by atoms with Crippen LogP contribution < -0.4 is 10.2 Å². The van der Waals surface area contributed by atoms with Crippen molar-refractivity contribution in [2.24, 2.45) is 0 Å². The Hall–Kier alpha value is -2.11. The number of hydrogen-bond acceptors (Lipinski definition) is 3. The predicted octanol–water partition coefficient (Wildman–Crippen LogP) is 3.06. The fourth-order valence-corrected chi connectivity index (χ4v) is 2.48. The molecule has 120 valence electrons. The number of carbonyl (C=O) groups excluding carboxylic acids is 2.